The zero-order chi connectivity index (χ0) is 10.6. The van der Waals surface area contributed by atoms with E-state index in [1.54, 1.807) is 7.11 Å². The Morgan fingerprint density at radius 2 is 2.07 bits per heavy atom. The van der Waals surface area contributed by atoms with Crippen LogP contribution in [0.25, 0.3) is 0 Å². The van der Waals surface area contributed by atoms with Crippen LogP contribution in [0.4, 0.5) is 0 Å². The van der Waals surface area contributed by atoms with Crippen molar-refractivity contribution in [2.24, 2.45) is 4.99 Å². The molecule has 0 radical (unpaired) electrons. The molecule has 0 amide bonds. The van der Waals surface area contributed by atoms with E-state index >= 15 is 0 Å². The summed E-state index contributed by atoms with van der Waals surface area (Å²) in [6.07, 6.45) is 5.81. The summed E-state index contributed by atoms with van der Waals surface area (Å²) in [5.74, 6) is 0. The fourth-order valence-corrected chi connectivity index (χ4v) is 1.56. The van der Waals surface area contributed by atoms with E-state index in [0.717, 1.165) is 13.0 Å². The lowest BCUT2D eigenvalue weighted by Crippen LogP contribution is -2.40. The van der Waals surface area contributed by atoms with Gasteiger partial charge in [-0.15, -0.1) is 0 Å². The minimum absolute atomic E-state index is 0.00966. The Morgan fingerprint density at radius 1 is 1.36 bits per heavy atom. The van der Waals surface area contributed by atoms with Crippen LogP contribution in [0, 0.1) is 0 Å². The molecule has 0 aromatic rings. The number of likely N-dealkylation sites (tertiary alicyclic amines) is 1. The summed E-state index contributed by atoms with van der Waals surface area (Å²) in [4.78, 5) is 6.70. The first kappa shape index (κ1) is 11.5. The third-order valence-electron chi connectivity index (χ3n) is 2.35. The Hall–Kier alpha value is -0.570. The first-order valence-electron chi connectivity index (χ1n) is 5.37. The van der Waals surface area contributed by atoms with Gasteiger partial charge < -0.3 is 9.64 Å². The lowest BCUT2D eigenvalue weighted by Gasteiger charge is -2.33. The van der Waals surface area contributed by atoms with E-state index in [1.807, 2.05) is 6.34 Å². The normalized spacial score (nSPS) is 24.6. The topological polar surface area (TPSA) is 24.8 Å². The van der Waals surface area contributed by atoms with Gasteiger partial charge in [0.2, 0.25) is 0 Å². The first-order chi connectivity index (χ1) is 6.53. The largest absolute Gasteiger partial charge is 0.362 e. The highest BCUT2D eigenvalue weighted by molar-refractivity contribution is 5.56. The molecule has 1 aliphatic rings. The standard InChI is InChI=1S/C11H22N2O/c1-11(2,3)12-9-13-8-6-5-7-10(13)14-4/h9-10H,5-8H2,1-4H3. The smallest absolute Gasteiger partial charge is 0.130 e. The van der Waals surface area contributed by atoms with Gasteiger partial charge in [-0.05, 0) is 40.0 Å². The molecule has 0 bridgehead atoms. The van der Waals surface area contributed by atoms with Crippen molar-refractivity contribution in [2.45, 2.75) is 51.8 Å². The monoisotopic (exact) mass is 198 g/mol. The lowest BCUT2D eigenvalue weighted by atomic mass is 10.1. The lowest BCUT2D eigenvalue weighted by molar-refractivity contribution is -0.0136. The zero-order valence-electron chi connectivity index (χ0n) is 9.79. The molecule has 0 aliphatic carbocycles. The summed E-state index contributed by atoms with van der Waals surface area (Å²) >= 11 is 0. The average Bonchev–Trinajstić information content (AvgIpc) is 2.14. The molecule has 0 saturated carbocycles. The first-order valence-corrected chi connectivity index (χ1v) is 5.37. The number of hydrogen-bond acceptors (Lipinski definition) is 2. The van der Waals surface area contributed by atoms with Crippen LogP contribution >= 0.6 is 0 Å². The molecule has 1 atom stereocenters. The number of rotatable bonds is 2. The quantitative estimate of drug-likeness (QED) is 0.502. The Bertz CT molecular complexity index is 196. The van der Waals surface area contributed by atoms with E-state index in [9.17, 15) is 0 Å². The van der Waals surface area contributed by atoms with Crippen LogP contribution in [-0.2, 0) is 4.74 Å². The molecule has 82 valence electrons. The summed E-state index contributed by atoms with van der Waals surface area (Å²) in [5, 5.41) is 0. The summed E-state index contributed by atoms with van der Waals surface area (Å²) in [7, 11) is 1.77. The Balaban J connectivity index is 2.52. The van der Waals surface area contributed by atoms with Gasteiger partial charge >= 0.3 is 0 Å². The van der Waals surface area contributed by atoms with Gasteiger partial charge in [0.1, 0.15) is 6.23 Å². The molecule has 1 aliphatic heterocycles. The van der Waals surface area contributed by atoms with Gasteiger partial charge in [-0.2, -0.15) is 0 Å². The van der Waals surface area contributed by atoms with Crippen molar-refractivity contribution < 1.29 is 4.74 Å². The van der Waals surface area contributed by atoms with E-state index in [2.05, 4.69) is 30.7 Å². The molecule has 1 unspecified atom stereocenters. The van der Waals surface area contributed by atoms with E-state index in [4.69, 9.17) is 4.74 Å². The summed E-state index contributed by atoms with van der Waals surface area (Å²) in [6.45, 7) is 7.39. The number of piperidine rings is 1. The van der Waals surface area contributed by atoms with Gasteiger partial charge in [-0.25, -0.2) is 0 Å². The van der Waals surface area contributed by atoms with Crippen molar-refractivity contribution in [1.82, 2.24) is 4.90 Å². The van der Waals surface area contributed by atoms with Crippen molar-refractivity contribution in [3.8, 4) is 0 Å². The van der Waals surface area contributed by atoms with Crippen molar-refractivity contribution in [3.05, 3.63) is 0 Å². The predicted octanol–water partition coefficient (Wildman–Crippen LogP) is 2.27. The Labute approximate surface area is 87.2 Å². The number of ether oxygens (including phenoxy) is 1. The molecule has 3 nitrogen and oxygen atoms in total. The van der Waals surface area contributed by atoms with Crippen LogP contribution in [0.1, 0.15) is 40.0 Å². The van der Waals surface area contributed by atoms with Crippen LogP contribution < -0.4 is 0 Å². The SMILES string of the molecule is COC1CCCCN1C=NC(C)(C)C. The van der Waals surface area contributed by atoms with Crippen LogP contribution in [-0.4, -0.2) is 36.7 Å². The fourth-order valence-electron chi connectivity index (χ4n) is 1.56. The molecule has 0 aromatic heterocycles. The highest BCUT2D eigenvalue weighted by Gasteiger charge is 2.19. The van der Waals surface area contributed by atoms with Gasteiger partial charge in [-0.1, -0.05) is 0 Å². The van der Waals surface area contributed by atoms with Gasteiger partial charge in [0.25, 0.3) is 0 Å². The number of methoxy groups -OCH3 is 1. The molecular formula is C11H22N2O. The minimum Gasteiger partial charge on any atom is -0.362 e. The molecule has 0 spiro atoms. The van der Waals surface area contributed by atoms with Crippen LogP contribution in [0.3, 0.4) is 0 Å². The molecule has 14 heavy (non-hydrogen) atoms. The van der Waals surface area contributed by atoms with Crippen molar-refractivity contribution in [2.75, 3.05) is 13.7 Å². The summed E-state index contributed by atoms with van der Waals surface area (Å²) < 4.78 is 5.40. The third kappa shape index (κ3) is 3.66. The molecule has 1 saturated heterocycles. The third-order valence-corrected chi connectivity index (χ3v) is 2.35. The van der Waals surface area contributed by atoms with E-state index < -0.39 is 0 Å². The molecule has 1 heterocycles. The molecule has 3 heteroatoms. The van der Waals surface area contributed by atoms with Gasteiger partial charge in [0, 0.05) is 13.7 Å². The van der Waals surface area contributed by atoms with E-state index in [1.165, 1.54) is 12.8 Å². The van der Waals surface area contributed by atoms with E-state index in [0.29, 0.717) is 0 Å². The van der Waals surface area contributed by atoms with Crippen molar-refractivity contribution >= 4 is 6.34 Å². The molecule has 1 fully saturated rings. The summed E-state index contributed by atoms with van der Waals surface area (Å²) in [5.41, 5.74) is 0.00966. The van der Waals surface area contributed by atoms with Crippen molar-refractivity contribution in [1.29, 1.82) is 0 Å². The van der Waals surface area contributed by atoms with Crippen LogP contribution in [0.2, 0.25) is 0 Å². The van der Waals surface area contributed by atoms with Gasteiger partial charge in [0.05, 0.1) is 11.9 Å². The van der Waals surface area contributed by atoms with Gasteiger partial charge in [0.15, 0.2) is 0 Å². The second-order valence-corrected chi connectivity index (χ2v) is 4.84. The molecule has 1 rings (SSSR count). The maximum atomic E-state index is 5.40. The second kappa shape index (κ2) is 4.78. The molecule has 0 N–H and O–H groups in total. The van der Waals surface area contributed by atoms with Gasteiger partial charge in [-0.3, -0.25) is 4.99 Å². The number of nitrogens with zero attached hydrogens (tertiary/aromatic N) is 2. The second-order valence-electron chi connectivity index (χ2n) is 4.84. The average molecular weight is 198 g/mol. The fraction of sp³-hybridized carbons (Fsp3) is 0.909. The van der Waals surface area contributed by atoms with E-state index in [-0.39, 0.29) is 11.8 Å². The number of hydrogen-bond donors (Lipinski definition) is 0. The van der Waals surface area contributed by atoms with Crippen molar-refractivity contribution in [3.63, 3.8) is 0 Å². The Morgan fingerprint density at radius 3 is 2.64 bits per heavy atom. The summed E-state index contributed by atoms with van der Waals surface area (Å²) in [6, 6.07) is 0. The molecule has 0 aromatic carbocycles. The molecular weight excluding hydrogens is 176 g/mol. The highest BCUT2D eigenvalue weighted by atomic mass is 16.5. The maximum Gasteiger partial charge on any atom is 0.130 e. The van der Waals surface area contributed by atoms with Crippen LogP contribution in [0.15, 0.2) is 4.99 Å². The van der Waals surface area contributed by atoms with Crippen LogP contribution in [0.5, 0.6) is 0 Å². The number of aliphatic imine (C=N–C) groups is 1. The Kier molecular flexibility index (Phi) is 3.93. The maximum absolute atomic E-state index is 5.40. The predicted molar refractivity (Wildman–Crippen MR) is 59.6 cm³/mol. The highest BCUT2D eigenvalue weighted by Crippen LogP contribution is 2.16. The minimum atomic E-state index is 0.00966. The zero-order valence-corrected chi connectivity index (χ0v) is 9.79.